The molecule has 0 bridgehead atoms. The van der Waals surface area contributed by atoms with Crippen molar-refractivity contribution in [3.63, 3.8) is 0 Å². The molecule has 1 aromatic rings. The summed E-state index contributed by atoms with van der Waals surface area (Å²) in [4.78, 5) is 5.16. The molecule has 0 saturated carbocycles. The lowest BCUT2D eigenvalue weighted by molar-refractivity contribution is 0.00199. The van der Waals surface area contributed by atoms with Crippen molar-refractivity contribution < 1.29 is 9.94 Å². The second kappa shape index (κ2) is 4.13. The van der Waals surface area contributed by atoms with Crippen molar-refractivity contribution in [3.05, 3.63) is 29.8 Å². The minimum atomic E-state index is -0.284. The van der Waals surface area contributed by atoms with E-state index >= 15 is 0 Å². The van der Waals surface area contributed by atoms with E-state index in [1.807, 2.05) is 26.8 Å². The quantitative estimate of drug-likeness (QED) is 0.579. The van der Waals surface area contributed by atoms with E-state index in [4.69, 9.17) is 9.94 Å². The Labute approximate surface area is 84.0 Å². The van der Waals surface area contributed by atoms with Crippen molar-refractivity contribution in [1.82, 2.24) is 0 Å². The summed E-state index contributed by atoms with van der Waals surface area (Å²) in [5.41, 5.74) is 0.530. The molecule has 0 unspecified atom stereocenters. The largest absolute Gasteiger partial charge is 0.508 e. The van der Waals surface area contributed by atoms with E-state index in [9.17, 15) is 0 Å². The van der Waals surface area contributed by atoms with Crippen molar-refractivity contribution in [2.45, 2.75) is 26.4 Å². The lowest BCUT2D eigenvalue weighted by Crippen LogP contribution is -2.15. The number of hydrogen-bond acceptors (Lipinski definition) is 3. The Morgan fingerprint density at radius 3 is 2.64 bits per heavy atom. The number of benzene rings is 1. The number of hydrogen-bond donors (Lipinski definition) is 1. The molecule has 0 spiro atoms. The zero-order chi connectivity index (χ0) is 10.6. The molecule has 1 N–H and O–H groups in total. The number of oxime groups is 1. The van der Waals surface area contributed by atoms with Crippen LogP contribution >= 0.6 is 0 Å². The third-order valence-corrected chi connectivity index (χ3v) is 1.40. The van der Waals surface area contributed by atoms with Gasteiger partial charge in [-0.05, 0) is 38.5 Å². The molecule has 0 aliphatic rings. The summed E-state index contributed by atoms with van der Waals surface area (Å²) in [5, 5.41) is 13.0. The maximum absolute atomic E-state index is 9.17. The van der Waals surface area contributed by atoms with Gasteiger partial charge in [0.15, 0.2) is 0 Å². The van der Waals surface area contributed by atoms with Crippen LogP contribution in [0, 0.1) is 0 Å². The van der Waals surface area contributed by atoms with Crippen molar-refractivity contribution in [2.24, 2.45) is 5.16 Å². The fraction of sp³-hybridized carbons (Fsp3) is 0.364. The van der Waals surface area contributed by atoms with Gasteiger partial charge in [0, 0.05) is 0 Å². The highest BCUT2D eigenvalue weighted by molar-refractivity contribution is 5.79. The van der Waals surface area contributed by atoms with Gasteiger partial charge < -0.3 is 9.94 Å². The van der Waals surface area contributed by atoms with Gasteiger partial charge in [0.2, 0.25) is 0 Å². The van der Waals surface area contributed by atoms with E-state index in [2.05, 4.69) is 5.16 Å². The molecule has 14 heavy (non-hydrogen) atoms. The van der Waals surface area contributed by atoms with E-state index < -0.39 is 0 Å². The zero-order valence-electron chi connectivity index (χ0n) is 8.69. The summed E-state index contributed by atoms with van der Waals surface area (Å²) in [6, 6.07) is 6.83. The van der Waals surface area contributed by atoms with Gasteiger partial charge in [0.1, 0.15) is 11.4 Å². The predicted molar refractivity (Wildman–Crippen MR) is 56.5 cm³/mol. The van der Waals surface area contributed by atoms with Gasteiger partial charge in [0.05, 0.1) is 6.21 Å². The highest BCUT2D eigenvalue weighted by Crippen LogP contribution is 2.10. The van der Waals surface area contributed by atoms with Crippen LogP contribution in [0.2, 0.25) is 0 Å². The highest BCUT2D eigenvalue weighted by atomic mass is 16.6. The second-order valence-electron chi connectivity index (χ2n) is 4.03. The van der Waals surface area contributed by atoms with Crippen LogP contribution in [0.4, 0.5) is 0 Å². The van der Waals surface area contributed by atoms with Crippen molar-refractivity contribution in [3.8, 4) is 5.75 Å². The Hall–Kier alpha value is -1.51. The van der Waals surface area contributed by atoms with Gasteiger partial charge in [-0.15, -0.1) is 0 Å². The smallest absolute Gasteiger partial charge is 0.129 e. The number of phenols is 1. The third-order valence-electron chi connectivity index (χ3n) is 1.40. The molecule has 0 atom stereocenters. The normalized spacial score (nSPS) is 11.9. The Balaban J connectivity index is 2.61. The zero-order valence-corrected chi connectivity index (χ0v) is 8.69. The lowest BCUT2D eigenvalue weighted by Gasteiger charge is -2.14. The fourth-order valence-corrected chi connectivity index (χ4v) is 0.850. The molecular formula is C11H15NO2. The molecule has 0 fully saturated rings. The van der Waals surface area contributed by atoms with Crippen LogP contribution in [0.15, 0.2) is 29.4 Å². The Morgan fingerprint density at radius 1 is 1.36 bits per heavy atom. The predicted octanol–water partition coefficient (Wildman–Crippen LogP) is 2.54. The second-order valence-corrected chi connectivity index (χ2v) is 4.03. The van der Waals surface area contributed by atoms with Crippen LogP contribution in [0.1, 0.15) is 26.3 Å². The summed E-state index contributed by atoms with van der Waals surface area (Å²) in [6.07, 6.45) is 1.57. The molecule has 1 aromatic carbocycles. The monoisotopic (exact) mass is 193 g/mol. The van der Waals surface area contributed by atoms with Gasteiger partial charge in [-0.3, -0.25) is 0 Å². The molecule has 1 rings (SSSR count). The Morgan fingerprint density at radius 2 is 2.07 bits per heavy atom. The molecule has 76 valence electrons. The number of rotatable bonds is 2. The van der Waals surface area contributed by atoms with E-state index in [1.165, 1.54) is 0 Å². The maximum atomic E-state index is 9.17. The lowest BCUT2D eigenvalue weighted by atomic mass is 10.2. The van der Waals surface area contributed by atoms with Crippen molar-refractivity contribution >= 4 is 6.21 Å². The van der Waals surface area contributed by atoms with Gasteiger partial charge in [-0.25, -0.2) is 0 Å². The van der Waals surface area contributed by atoms with Gasteiger partial charge in [-0.2, -0.15) is 0 Å². The Kier molecular flexibility index (Phi) is 3.12. The molecule has 3 nitrogen and oxygen atoms in total. The summed E-state index contributed by atoms with van der Waals surface area (Å²) in [6.45, 7) is 5.77. The molecular weight excluding hydrogens is 178 g/mol. The molecule has 0 saturated heterocycles. The molecule has 0 aliphatic carbocycles. The standard InChI is InChI=1S/C11H15NO2/c1-11(2,3)14-12-8-9-5-4-6-10(13)7-9/h4-8,13H,1-3H3/b12-8-. The minimum Gasteiger partial charge on any atom is -0.508 e. The fourth-order valence-electron chi connectivity index (χ4n) is 0.850. The van der Waals surface area contributed by atoms with E-state index in [0.29, 0.717) is 0 Å². The average molecular weight is 193 g/mol. The summed E-state index contributed by atoms with van der Waals surface area (Å²) < 4.78 is 0. The SMILES string of the molecule is CC(C)(C)O/N=C\c1cccc(O)c1. The Bertz CT molecular complexity index is 326. The van der Waals surface area contributed by atoms with E-state index in [1.54, 1.807) is 24.4 Å². The summed E-state index contributed by atoms with van der Waals surface area (Å²) >= 11 is 0. The van der Waals surface area contributed by atoms with Gasteiger partial charge >= 0.3 is 0 Å². The number of phenolic OH excluding ortho intramolecular Hbond substituents is 1. The molecule has 0 aliphatic heterocycles. The van der Waals surface area contributed by atoms with Crippen molar-refractivity contribution in [2.75, 3.05) is 0 Å². The first kappa shape index (κ1) is 10.6. The van der Waals surface area contributed by atoms with Crippen LogP contribution in [0.3, 0.4) is 0 Å². The van der Waals surface area contributed by atoms with Gasteiger partial charge in [-0.1, -0.05) is 17.3 Å². The molecule has 0 amide bonds. The molecule has 0 aromatic heterocycles. The van der Waals surface area contributed by atoms with Gasteiger partial charge in [0.25, 0.3) is 0 Å². The van der Waals surface area contributed by atoms with Crippen LogP contribution in [-0.2, 0) is 4.84 Å². The molecule has 0 heterocycles. The first-order chi connectivity index (χ1) is 6.47. The highest BCUT2D eigenvalue weighted by Gasteiger charge is 2.09. The minimum absolute atomic E-state index is 0.227. The summed E-state index contributed by atoms with van der Waals surface area (Å²) in [7, 11) is 0. The van der Waals surface area contributed by atoms with Crippen LogP contribution in [0.25, 0.3) is 0 Å². The third kappa shape index (κ3) is 3.94. The first-order valence-electron chi connectivity index (χ1n) is 4.48. The topological polar surface area (TPSA) is 41.8 Å². The molecule has 0 radical (unpaired) electrons. The van der Waals surface area contributed by atoms with Crippen molar-refractivity contribution in [1.29, 1.82) is 0 Å². The van der Waals surface area contributed by atoms with E-state index in [0.717, 1.165) is 5.56 Å². The number of aromatic hydroxyl groups is 1. The number of nitrogens with zero attached hydrogens (tertiary/aromatic N) is 1. The molecule has 3 heteroatoms. The van der Waals surface area contributed by atoms with Crippen LogP contribution in [-0.4, -0.2) is 16.9 Å². The van der Waals surface area contributed by atoms with E-state index in [-0.39, 0.29) is 11.4 Å². The van der Waals surface area contributed by atoms with Crippen LogP contribution < -0.4 is 0 Å². The van der Waals surface area contributed by atoms with Crippen LogP contribution in [0.5, 0.6) is 5.75 Å². The average Bonchev–Trinajstić information content (AvgIpc) is 2.01. The first-order valence-corrected chi connectivity index (χ1v) is 4.48. The summed E-state index contributed by atoms with van der Waals surface area (Å²) in [5.74, 6) is 0.227. The maximum Gasteiger partial charge on any atom is 0.129 e.